The van der Waals surface area contributed by atoms with Crippen LogP contribution in [0.2, 0.25) is 0 Å². The molecule has 1 amide bonds. The molecule has 2 atom stereocenters. The second-order valence-corrected chi connectivity index (χ2v) is 7.80. The molecule has 7 heteroatoms. The van der Waals surface area contributed by atoms with E-state index in [1.165, 1.54) is 0 Å². The number of aryl methyl sites for hydroxylation is 3. The molecule has 7 nitrogen and oxygen atoms in total. The molecule has 0 radical (unpaired) electrons. The number of para-hydroxylation sites is 1. The van der Waals surface area contributed by atoms with E-state index in [0.717, 1.165) is 28.2 Å². The Bertz CT molecular complexity index is 1130. The number of benzene rings is 1. The number of nitrogens with one attached hydrogen (secondary N) is 2. The lowest BCUT2D eigenvalue weighted by atomic mass is 9.97. The number of rotatable bonds is 5. The molecule has 2 aromatic heterocycles. The van der Waals surface area contributed by atoms with Crippen molar-refractivity contribution in [3.05, 3.63) is 81.0 Å². The molecule has 0 bridgehead atoms. The fraction of sp³-hybridized carbons (Fsp3) is 0.348. The maximum absolute atomic E-state index is 13.0. The first-order valence-corrected chi connectivity index (χ1v) is 10.1. The molecule has 30 heavy (non-hydrogen) atoms. The second kappa shape index (κ2) is 8.28. The number of hydrogen-bond acceptors (Lipinski definition) is 4. The Labute approximate surface area is 175 Å². The van der Waals surface area contributed by atoms with E-state index in [9.17, 15) is 9.59 Å². The smallest absolute Gasteiger partial charge is 0.253 e. The Morgan fingerprint density at radius 1 is 1.23 bits per heavy atom. The molecule has 4 rings (SSSR count). The summed E-state index contributed by atoms with van der Waals surface area (Å²) in [5.74, 6) is -0.455. The van der Waals surface area contributed by atoms with Crippen LogP contribution >= 0.6 is 0 Å². The largest absolute Gasteiger partial charge is 0.371 e. The molecule has 0 aliphatic carbocycles. The highest BCUT2D eigenvalue weighted by molar-refractivity contribution is 5.79. The quantitative estimate of drug-likeness (QED) is 0.682. The highest BCUT2D eigenvalue weighted by Gasteiger charge is 2.37. The Balaban J connectivity index is 1.54. The van der Waals surface area contributed by atoms with Crippen molar-refractivity contribution in [2.45, 2.75) is 39.8 Å². The van der Waals surface area contributed by atoms with Crippen molar-refractivity contribution in [1.82, 2.24) is 20.1 Å². The average Bonchev–Trinajstić information content (AvgIpc) is 3.36. The first-order chi connectivity index (χ1) is 14.5. The zero-order valence-corrected chi connectivity index (χ0v) is 17.4. The minimum absolute atomic E-state index is 0.116. The number of carbonyl (C=O) groups is 1. The average molecular weight is 406 g/mol. The van der Waals surface area contributed by atoms with Crippen LogP contribution in [-0.4, -0.2) is 27.3 Å². The third kappa shape index (κ3) is 3.80. The molecule has 3 heterocycles. The molecule has 1 aliphatic rings. The highest BCUT2D eigenvalue weighted by Crippen LogP contribution is 2.35. The van der Waals surface area contributed by atoms with E-state index < -0.39 is 0 Å². The summed E-state index contributed by atoms with van der Waals surface area (Å²) >= 11 is 0. The third-order valence-electron chi connectivity index (χ3n) is 5.67. The number of amides is 1. The van der Waals surface area contributed by atoms with Crippen molar-refractivity contribution < 1.29 is 9.53 Å². The lowest BCUT2D eigenvalue weighted by Crippen LogP contribution is -2.34. The Hall–Kier alpha value is -3.19. The summed E-state index contributed by atoms with van der Waals surface area (Å²) in [6.07, 6.45) is 1.97. The van der Waals surface area contributed by atoms with Gasteiger partial charge in [-0.2, -0.15) is 5.10 Å². The summed E-state index contributed by atoms with van der Waals surface area (Å²) in [7, 11) is 0. The van der Waals surface area contributed by atoms with Crippen LogP contribution in [0.4, 0.5) is 0 Å². The van der Waals surface area contributed by atoms with Crippen LogP contribution in [0, 0.1) is 26.7 Å². The molecule has 2 N–H and O–H groups in total. The van der Waals surface area contributed by atoms with Gasteiger partial charge in [0.2, 0.25) is 5.91 Å². The topological polar surface area (TPSA) is 89.0 Å². The summed E-state index contributed by atoms with van der Waals surface area (Å²) in [5.41, 5.74) is 5.00. The standard InChI is InChI=1S/C23H26N4O3/c1-14-6-4-5-7-19(14)27-20(8-10-25-27)21-17(9-11-30-21)22(28)24-13-18-15(2)12-16(3)26-23(18)29/h4-8,10,12,17,21H,9,11,13H2,1-3H3,(H,24,28)(H,26,29)/t17-,21-/m0/s1. The zero-order chi connectivity index (χ0) is 21.3. The third-order valence-corrected chi connectivity index (χ3v) is 5.67. The van der Waals surface area contributed by atoms with E-state index in [1.807, 2.05) is 61.9 Å². The molecular formula is C23H26N4O3. The molecule has 156 valence electrons. The molecule has 0 spiro atoms. The molecule has 1 saturated heterocycles. The number of pyridine rings is 1. The summed E-state index contributed by atoms with van der Waals surface area (Å²) in [4.78, 5) is 28.0. The number of ether oxygens (including phenoxy) is 1. The van der Waals surface area contributed by atoms with Gasteiger partial charge in [-0.25, -0.2) is 4.68 Å². The van der Waals surface area contributed by atoms with Gasteiger partial charge in [-0.3, -0.25) is 9.59 Å². The lowest BCUT2D eigenvalue weighted by Gasteiger charge is -2.20. The summed E-state index contributed by atoms with van der Waals surface area (Å²) in [5, 5.41) is 7.41. The predicted octanol–water partition coefficient (Wildman–Crippen LogP) is 2.88. The Morgan fingerprint density at radius 2 is 2.03 bits per heavy atom. The van der Waals surface area contributed by atoms with Gasteiger partial charge in [0.15, 0.2) is 0 Å². The van der Waals surface area contributed by atoms with E-state index in [-0.39, 0.29) is 30.0 Å². The maximum atomic E-state index is 13.0. The molecular weight excluding hydrogens is 380 g/mol. The van der Waals surface area contributed by atoms with Gasteiger partial charge in [-0.15, -0.1) is 0 Å². The fourth-order valence-electron chi connectivity index (χ4n) is 4.09. The van der Waals surface area contributed by atoms with E-state index in [1.54, 1.807) is 6.20 Å². The molecule has 0 unspecified atom stereocenters. The zero-order valence-electron chi connectivity index (χ0n) is 17.4. The van der Waals surface area contributed by atoms with Gasteiger partial charge in [0.1, 0.15) is 6.10 Å². The first kappa shape index (κ1) is 20.1. The summed E-state index contributed by atoms with van der Waals surface area (Å²) in [6.45, 7) is 6.45. The van der Waals surface area contributed by atoms with Crippen LogP contribution in [0.15, 0.2) is 47.4 Å². The van der Waals surface area contributed by atoms with Crippen molar-refractivity contribution in [2.75, 3.05) is 6.61 Å². The van der Waals surface area contributed by atoms with Crippen molar-refractivity contribution in [1.29, 1.82) is 0 Å². The Morgan fingerprint density at radius 3 is 2.80 bits per heavy atom. The van der Waals surface area contributed by atoms with E-state index in [0.29, 0.717) is 18.6 Å². The molecule has 1 fully saturated rings. The normalized spacial score (nSPS) is 18.5. The van der Waals surface area contributed by atoms with E-state index >= 15 is 0 Å². The number of aromatic nitrogens is 3. The van der Waals surface area contributed by atoms with Gasteiger partial charge in [0.05, 0.1) is 17.3 Å². The number of aromatic amines is 1. The van der Waals surface area contributed by atoms with Crippen LogP contribution < -0.4 is 10.9 Å². The van der Waals surface area contributed by atoms with Gasteiger partial charge in [0.25, 0.3) is 5.56 Å². The number of carbonyl (C=O) groups excluding carboxylic acids is 1. The van der Waals surface area contributed by atoms with Gasteiger partial charge in [-0.1, -0.05) is 18.2 Å². The van der Waals surface area contributed by atoms with Gasteiger partial charge in [-0.05, 0) is 56.5 Å². The summed E-state index contributed by atoms with van der Waals surface area (Å²) < 4.78 is 7.81. The van der Waals surface area contributed by atoms with Gasteiger partial charge in [0, 0.05) is 30.6 Å². The predicted molar refractivity (Wildman–Crippen MR) is 113 cm³/mol. The van der Waals surface area contributed by atoms with Crippen molar-refractivity contribution in [3.8, 4) is 5.69 Å². The highest BCUT2D eigenvalue weighted by atomic mass is 16.5. The number of nitrogens with zero attached hydrogens (tertiary/aromatic N) is 2. The monoisotopic (exact) mass is 406 g/mol. The van der Waals surface area contributed by atoms with Crippen molar-refractivity contribution in [2.24, 2.45) is 5.92 Å². The molecule has 1 aliphatic heterocycles. The minimum Gasteiger partial charge on any atom is -0.371 e. The van der Waals surface area contributed by atoms with Gasteiger partial charge >= 0.3 is 0 Å². The van der Waals surface area contributed by atoms with Crippen LogP contribution in [0.25, 0.3) is 5.69 Å². The van der Waals surface area contributed by atoms with Crippen molar-refractivity contribution >= 4 is 5.91 Å². The van der Waals surface area contributed by atoms with Crippen LogP contribution in [0.5, 0.6) is 0 Å². The van der Waals surface area contributed by atoms with Crippen molar-refractivity contribution in [3.63, 3.8) is 0 Å². The SMILES string of the molecule is Cc1cc(C)c(CNC(=O)[C@H]2CCO[C@@H]2c2ccnn2-c2ccccc2C)c(=O)[nH]1. The molecule has 1 aromatic carbocycles. The van der Waals surface area contributed by atoms with E-state index in [2.05, 4.69) is 15.4 Å². The minimum atomic E-state index is -0.385. The first-order valence-electron chi connectivity index (χ1n) is 10.1. The van der Waals surface area contributed by atoms with Crippen LogP contribution in [0.3, 0.4) is 0 Å². The number of hydrogen-bond donors (Lipinski definition) is 2. The van der Waals surface area contributed by atoms with Gasteiger partial charge < -0.3 is 15.0 Å². The molecule has 3 aromatic rings. The Kier molecular flexibility index (Phi) is 5.55. The fourth-order valence-corrected chi connectivity index (χ4v) is 4.09. The lowest BCUT2D eigenvalue weighted by molar-refractivity contribution is -0.127. The maximum Gasteiger partial charge on any atom is 0.253 e. The van der Waals surface area contributed by atoms with E-state index in [4.69, 9.17) is 4.74 Å². The number of H-pyrrole nitrogens is 1. The molecule has 0 saturated carbocycles. The second-order valence-electron chi connectivity index (χ2n) is 7.80. The van der Waals surface area contributed by atoms with Crippen LogP contribution in [-0.2, 0) is 16.1 Å². The summed E-state index contributed by atoms with van der Waals surface area (Å²) in [6, 6.07) is 11.8. The van der Waals surface area contributed by atoms with Crippen LogP contribution in [0.1, 0.15) is 40.6 Å².